The Kier molecular flexibility index (Phi) is 10.1. The van der Waals surface area contributed by atoms with Crippen molar-refractivity contribution in [2.45, 2.75) is 24.0 Å². The van der Waals surface area contributed by atoms with Gasteiger partial charge in [0.2, 0.25) is 0 Å². The van der Waals surface area contributed by atoms with Crippen molar-refractivity contribution in [1.82, 2.24) is 10.0 Å². The normalized spacial score (nSPS) is 11.6. The van der Waals surface area contributed by atoms with Crippen LogP contribution in [0.25, 0.3) is 22.3 Å². The molecule has 0 radical (unpaired) electrons. The lowest BCUT2D eigenvalue weighted by Gasteiger charge is -2.16. The maximum Gasteiger partial charge on any atom is 0.319 e. The fraction of sp³-hybridized carbons (Fsp3) is 0.179. The van der Waals surface area contributed by atoms with E-state index < -0.39 is 16.1 Å². The predicted octanol–water partition coefficient (Wildman–Crippen LogP) is 8.92. The molecule has 0 aliphatic carbocycles. The number of nitrogens with one attached hydrogen (secondary N) is 3. The fourth-order valence-electron chi connectivity index (χ4n) is 3.99. The summed E-state index contributed by atoms with van der Waals surface area (Å²) in [7, 11) is -3.90. The number of halogens is 4. The van der Waals surface area contributed by atoms with Gasteiger partial charge in [0, 0.05) is 34.4 Å². The van der Waals surface area contributed by atoms with Gasteiger partial charge in [0.25, 0.3) is 10.0 Å². The molecule has 6 nitrogen and oxygen atoms in total. The van der Waals surface area contributed by atoms with Crippen LogP contribution in [0.2, 0.25) is 20.1 Å². The van der Waals surface area contributed by atoms with Crippen molar-refractivity contribution in [3.8, 4) is 22.3 Å². The Hall–Kier alpha value is -2.30. The minimum atomic E-state index is -3.90. The minimum Gasteiger partial charge on any atom is -0.337 e. The molecular formula is C28H25Cl4N3O3S2. The number of amides is 2. The molecule has 3 aromatic carbocycles. The smallest absolute Gasteiger partial charge is 0.319 e. The van der Waals surface area contributed by atoms with Crippen LogP contribution in [0.3, 0.4) is 0 Å². The van der Waals surface area contributed by atoms with Gasteiger partial charge in [-0.25, -0.2) is 17.9 Å². The quantitative estimate of drug-likeness (QED) is 0.157. The Morgan fingerprint density at radius 3 is 2.23 bits per heavy atom. The largest absolute Gasteiger partial charge is 0.337 e. The molecule has 0 saturated carbocycles. The van der Waals surface area contributed by atoms with Crippen LogP contribution < -0.4 is 15.4 Å². The first-order valence-corrected chi connectivity index (χ1v) is 16.0. The Labute approximate surface area is 257 Å². The Bertz CT molecular complexity index is 1640. The van der Waals surface area contributed by atoms with E-state index in [1.54, 1.807) is 41.8 Å². The van der Waals surface area contributed by atoms with Crippen LogP contribution in [0, 0.1) is 0 Å². The number of thiophene rings is 1. The topological polar surface area (TPSA) is 87.3 Å². The summed E-state index contributed by atoms with van der Waals surface area (Å²) in [5.41, 5.74) is 4.47. The van der Waals surface area contributed by atoms with Gasteiger partial charge in [-0.2, -0.15) is 0 Å². The van der Waals surface area contributed by atoms with E-state index >= 15 is 0 Å². The molecule has 3 N–H and O–H groups in total. The second-order valence-electron chi connectivity index (χ2n) is 9.15. The summed E-state index contributed by atoms with van der Waals surface area (Å²) in [6, 6.07) is 17.3. The SMILES string of the molecule is CC(C)c1ccc(-c2ccc(Cl)c(Cl)c2)c(-c2ccsc2S(=O)(=O)NCCNC(=O)Nc2cc(Cl)cc(Cl)c2)c1. The standard InChI is InChI=1S/C28H25Cl4N3O3S2/c1-16(2)17-3-5-22(18-4-6-25(31)26(32)12-18)24(11-17)23-7-10-39-27(23)40(37,38)34-9-8-33-28(36)35-21-14-19(29)13-20(30)15-21/h3-7,10-16,34H,8-9H2,1-2H3,(H2,33,35,36). The van der Waals surface area contributed by atoms with Crippen LogP contribution in [-0.2, 0) is 10.0 Å². The van der Waals surface area contributed by atoms with E-state index in [1.807, 2.05) is 24.3 Å². The van der Waals surface area contributed by atoms with Gasteiger partial charge in [0.05, 0.1) is 10.0 Å². The zero-order chi connectivity index (χ0) is 29.0. The first-order valence-electron chi connectivity index (χ1n) is 12.1. The van der Waals surface area contributed by atoms with Gasteiger partial charge in [0.15, 0.2) is 0 Å². The lowest BCUT2D eigenvalue weighted by molar-refractivity contribution is 0.252. The van der Waals surface area contributed by atoms with Crippen LogP contribution in [0.1, 0.15) is 25.3 Å². The highest BCUT2D eigenvalue weighted by atomic mass is 35.5. The second-order valence-corrected chi connectivity index (χ2v) is 13.7. The van der Waals surface area contributed by atoms with Crippen LogP contribution in [0.4, 0.5) is 10.5 Å². The maximum absolute atomic E-state index is 13.4. The van der Waals surface area contributed by atoms with Crippen molar-refractivity contribution in [3.63, 3.8) is 0 Å². The molecule has 0 atom stereocenters. The summed E-state index contributed by atoms with van der Waals surface area (Å²) >= 11 is 25.5. The molecule has 2 amide bonds. The summed E-state index contributed by atoms with van der Waals surface area (Å²) < 4.78 is 29.5. The van der Waals surface area contributed by atoms with Crippen LogP contribution in [0.15, 0.2) is 70.3 Å². The van der Waals surface area contributed by atoms with Crippen molar-refractivity contribution in [2.24, 2.45) is 0 Å². The molecule has 0 saturated heterocycles. The van der Waals surface area contributed by atoms with Gasteiger partial charge in [-0.05, 0) is 69.9 Å². The van der Waals surface area contributed by atoms with E-state index in [-0.39, 0.29) is 23.2 Å². The molecule has 210 valence electrons. The highest BCUT2D eigenvalue weighted by Crippen LogP contribution is 2.41. The Morgan fingerprint density at radius 1 is 0.825 bits per heavy atom. The summed E-state index contributed by atoms with van der Waals surface area (Å²) in [5.74, 6) is 0.235. The van der Waals surface area contributed by atoms with Gasteiger partial charge in [-0.3, -0.25) is 0 Å². The summed E-state index contributed by atoms with van der Waals surface area (Å²) in [4.78, 5) is 12.2. The number of urea groups is 1. The summed E-state index contributed by atoms with van der Waals surface area (Å²) in [6.07, 6.45) is 0. The Balaban J connectivity index is 1.52. The molecule has 0 aliphatic heterocycles. The number of carbonyl (C=O) groups is 1. The van der Waals surface area contributed by atoms with Gasteiger partial charge < -0.3 is 10.6 Å². The molecule has 0 unspecified atom stereocenters. The van der Waals surface area contributed by atoms with E-state index in [2.05, 4.69) is 29.2 Å². The number of benzene rings is 3. The van der Waals surface area contributed by atoms with E-state index in [9.17, 15) is 13.2 Å². The molecule has 40 heavy (non-hydrogen) atoms. The summed E-state index contributed by atoms with van der Waals surface area (Å²) in [5, 5.41) is 8.57. The number of carbonyl (C=O) groups excluding carboxylic acids is 1. The molecular weight excluding hydrogens is 632 g/mol. The first-order chi connectivity index (χ1) is 18.9. The van der Waals surface area contributed by atoms with Crippen molar-refractivity contribution >= 4 is 79.5 Å². The van der Waals surface area contributed by atoms with Gasteiger partial charge in [0.1, 0.15) is 4.21 Å². The van der Waals surface area contributed by atoms with E-state index in [1.165, 1.54) is 0 Å². The van der Waals surface area contributed by atoms with E-state index in [0.29, 0.717) is 31.3 Å². The molecule has 4 aromatic rings. The van der Waals surface area contributed by atoms with Crippen LogP contribution >= 0.6 is 57.7 Å². The molecule has 0 bridgehead atoms. The van der Waals surface area contributed by atoms with Gasteiger partial charge in [-0.1, -0.05) is 84.5 Å². The molecule has 1 aromatic heterocycles. The zero-order valence-corrected chi connectivity index (χ0v) is 26.1. The third-order valence-electron chi connectivity index (χ3n) is 5.93. The highest BCUT2D eigenvalue weighted by Gasteiger charge is 2.23. The van der Waals surface area contributed by atoms with Gasteiger partial charge >= 0.3 is 6.03 Å². The molecule has 0 aliphatic rings. The third-order valence-corrected chi connectivity index (χ3v) is 10.0. The maximum atomic E-state index is 13.4. The number of sulfonamides is 1. The van der Waals surface area contributed by atoms with Crippen molar-refractivity contribution in [1.29, 1.82) is 0 Å². The van der Waals surface area contributed by atoms with E-state index in [4.69, 9.17) is 46.4 Å². The number of hydrogen-bond acceptors (Lipinski definition) is 4. The average Bonchev–Trinajstić information content (AvgIpc) is 3.38. The van der Waals surface area contributed by atoms with Gasteiger partial charge in [-0.15, -0.1) is 11.3 Å². The lowest BCUT2D eigenvalue weighted by atomic mass is 9.91. The van der Waals surface area contributed by atoms with Crippen molar-refractivity contribution in [3.05, 3.63) is 91.7 Å². The summed E-state index contributed by atoms with van der Waals surface area (Å²) in [6.45, 7) is 4.19. The minimum absolute atomic E-state index is 0.0188. The molecule has 0 fully saturated rings. The number of rotatable bonds is 9. The highest BCUT2D eigenvalue weighted by molar-refractivity contribution is 7.91. The molecule has 12 heteroatoms. The Morgan fingerprint density at radius 2 is 1.55 bits per heavy atom. The zero-order valence-electron chi connectivity index (χ0n) is 21.4. The predicted molar refractivity (Wildman–Crippen MR) is 168 cm³/mol. The third kappa shape index (κ3) is 7.50. The second kappa shape index (κ2) is 13.1. The molecule has 1 heterocycles. The van der Waals surface area contributed by atoms with Crippen LogP contribution in [-0.4, -0.2) is 27.5 Å². The fourth-order valence-corrected chi connectivity index (χ4v) is 7.27. The van der Waals surface area contributed by atoms with Crippen molar-refractivity contribution in [2.75, 3.05) is 18.4 Å². The number of anilines is 1. The van der Waals surface area contributed by atoms with Crippen molar-refractivity contribution < 1.29 is 13.2 Å². The first kappa shape index (κ1) is 30.7. The number of hydrogen-bond donors (Lipinski definition) is 3. The monoisotopic (exact) mass is 655 g/mol. The van der Waals surface area contributed by atoms with E-state index in [0.717, 1.165) is 33.6 Å². The lowest BCUT2D eigenvalue weighted by Crippen LogP contribution is -2.36. The molecule has 0 spiro atoms. The average molecular weight is 657 g/mol. The van der Waals surface area contributed by atoms with Crippen LogP contribution in [0.5, 0.6) is 0 Å². The molecule has 4 rings (SSSR count).